The topological polar surface area (TPSA) is 75.2 Å². The first-order valence-corrected chi connectivity index (χ1v) is 5.27. The number of anilines is 1. The van der Waals surface area contributed by atoms with E-state index in [0.29, 0.717) is 19.6 Å². The molecule has 0 aliphatic rings. The van der Waals surface area contributed by atoms with Crippen molar-refractivity contribution < 1.29 is 4.74 Å². The van der Waals surface area contributed by atoms with Gasteiger partial charge in [0.05, 0.1) is 12.4 Å². The van der Waals surface area contributed by atoms with E-state index in [9.17, 15) is 0 Å². The predicted octanol–water partition coefficient (Wildman–Crippen LogP) is 1.24. The van der Waals surface area contributed by atoms with Gasteiger partial charge in [0.15, 0.2) is 11.6 Å². The molecule has 0 radical (unpaired) electrons. The molecule has 1 aromatic heterocycles. The van der Waals surface area contributed by atoms with Crippen molar-refractivity contribution in [2.75, 3.05) is 25.1 Å². The van der Waals surface area contributed by atoms with Crippen molar-refractivity contribution in [3.63, 3.8) is 0 Å². The normalized spacial score (nSPS) is 9.88. The molecule has 5 heteroatoms. The lowest BCUT2D eigenvalue weighted by Gasteiger charge is -2.20. The summed E-state index contributed by atoms with van der Waals surface area (Å²) in [5, 5.41) is 7.18. The number of nitrogens with one attached hydrogen (secondary N) is 1. The van der Waals surface area contributed by atoms with Crippen LogP contribution in [0.25, 0.3) is 0 Å². The Balaban J connectivity index is 2.73. The van der Waals surface area contributed by atoms with Crippen molar-refractivity contribution in [3.05, 3.63) is 18.3 Å². The highest BCUT2D eigenvalue weighted by molar-refractivity contribution is 5.77. The molecule has 3 N–H and O–H groups in total. The zero-order valence-electron chi connectivity index (χ0n) is 9.73. The van der Waals surface area contributed by atoms with Gasteiger partial charge in [-0.15, -0.1) is 0 Å². The van der Waals surface area contributed by atoms with Gasteiger partial charge in [-0.1, -0.05) is 0 Å². The maximum Gasteiger partial charge on any atom is 0.171 e. The fourth-order valence-corrected chi connectivity index (χ4v) is 1.33. The number of ether oxygens (including phenoxy) is 1. The molecule has 0 saturated carbocycles. The molecule has 0 atom stereocenters. The number of nitrogens with zero attached hydrogens (tertiary/aromatic N) is 2. The molecule has 1 rings (SSSR count). The number of pyridine rings is 1. The van der Waals surface area contributed by atoms with Gasteiger partial charge in [-0.05, 0) is 19.1 Å². The second-order valence-corrected chi connectivity index (χ2v) is 3.45. The molecule has 16 heavy (non-hydrogen) atoms. The Hall–Kier alpha value is -1.78. The second kappa shape index (κ2) is 5.95. The van der Waals surface area contributed by atoms with E-state index >= 15 is 0 Å². The van der Waals surface area contributed by atoms with Crippen molar-refractivity contribution in [3.8, 4) is 5.75 Å². The fourth-order valence-electron chi connectivity index (χ4n) is 1.33. The molecule has 1 heterocycles. The van der Waals surface area contributed by atoms with Crippen LogP contribution in [0.2, 0.25) is 0 Å². The van der Waals surface area contributed by atoms with Gasteiger partial charge in [-0.25, -0.2) is 4.98 Å². The van der Waals surface area contributed by atoms with Crippen molar-refractivity contribution in [1.82, 2.24) is 4.98 Å². The third kappa shape index (κ3) is 3.42. The minimum atomic E-state index is 0.181. The summed E-state index contributed by atoms with van der Waals surface area (Å²) in [7, 11) is 1.91. The Morgan fingerprint density at radius 1 is 1.62 bits per heavy atom. The fraction of sp³-hybridized carbons (Fsp3) is 0.455. The van der Waals surface area contributed by atoms with E-state index in [4.69, 9.17) is 15.9 Å². The molecule has 88 valence electrons. The molecule has 0 spiro atoms. The third-order valence-electron chi connectivity index (χ3n) is 2.13. The first-order valence-electron chi connectivity index (χ1n) is 5.27. The molecular weight excluding hydrogens is 204 g/mol. The molecule has 0 unspecified atom stereocenters. The maximum absolute atomic E-state index is 7.18. The highest BCUT2D eigenvalue weighted by atomic mass is 16.5. The van der Waals surface area contributed by atoms with Gasteiger partial charge in [0.25, 0.3) is 0 Å². The van der Waals surface area contributed by atoms with Crippen molar-refractivity contribution in [1.29, 1.82) is 5.41 Å². The molecule has 1 aromatic rings. The van der Waals surface area contributed by atoms with Crippen LogP contribution in [0, 0.1) is 5.41 Å². The van der Waals surface area contributed by atoms with Crippen LogP contribution in [0.15, 0.2) is 18.3 Å². The average Bonchev–Trinajstić information content (AvgIpc) is 2.27. The molecule has 0 fully saturated rings. The number of rotatable bonds is 6. The lowest BCUT2D eigenvalue weighted by Crippen LogP contribution is -2.25. The number of hydrogen-bond donors (Lipinski definition) is 2. The zero-order chi connectivity index (χ0) is 12.0. The van der Waals surface area contributed by atoms with E-state index in [0.717, 1.165) is 11.6 Å². The highest BCUT2D eigenvalue weighted by Crippen LogP contribution is 2.23. The van der Waals surface area contributed by atoms with Crippen LogP contribution in [0.1, 0.15) is 13.3 Å². The summed E-state index contributed by atoms with van der Waals surface area (Å²) in [5.74, 6) is 1.72. The largest absolute Gasteiger partial charge is 0.490 e. The van der Waals surface area contributed by atoms with Crippen LogP contribution < -0.4 is 15.4 Å². The van der Waals surface area contributed by atoms with Gasteiger partial charge >= 0.3 is 0 Å². The maximum atomic E-state index is 7.18. The van der Waals surface area contributed by atoms with Crippen LogP contribution in [0.4, 0.5) is 5.82 Å². The van der Waals surface area contributed by atoms with Crippen LogP contribution in [-0.2, 0) is 0 Å². The first kappa shape index (κ1) is 12.3. The minimum Gasteiger partial charge on any atom is -0.490 e. The number of hydrogen-bond acceptors (Lipinski definition) is 4. The van der Waals surface area contributed by atoms with Crippen LogP contribution in [0.5, 0.6) is 5.75 Å². The molecule has 0 aliphatic heterocycles. The van der Waals surface area contributed by atoms with Gasteiger partial charge in [0, 0.05) is 26.2 Å². The van der Waals surface area contributed by atoms with Crippen LogP contribution >= 0.6 is 0 Å². The Morgan fingerprint density at radius 3 is 3.00 bits per heavy atom. The van der Waals surface area contributed by atoms with Crippen molar-refractivity contribution >= 4 is 11.7 Å². The molecule has 5 nitrogen and oxygen atoms in total. The van der Waals surface area contributed by atoms with E-state index in [-0.39, 0.29) is 5.84 Å². The number of aromatic nitrogens is 1. The highest BCUT2D eigenvalue weighted by Gasteiger charge is 2.09. The molecule has 0 aliphatic carbocycles. The van der Waals surface area contributed by atoms with E-state index < -0.39 is 0 Å². The Morgan fingerprint density at radius 2 is 2.38 bits per heavy atom. The van der Waals surface area contributed by atoms with Gasteiger partial charge < -0.3 is 15.4 Å². The lowest BCUT2D eigenvalue weighted by molar-refractivity contribution is 0.339. The monoisotopic (exact) mass is 222 g/mol. The van der Waals surface area contributed by atoms with E-state index in [2.05, 4.69) is 4.98 Å². The average molecular weight is 222 g/mol. The Bertz CT molecular complexity index is 354. The molecule has 0 bridgehead atoms. The molecule has 0 saturated heterocycles. The van der Waals surface area contributed by atoms with Gasteiger partial charge in [0.1, 0.15) is 0 Å². The van der Waals surface area contributed by atoms with Gasteiger partial charge in [-0.3, -0.25) is 5.41 Å². The Labute approximate surface area is 95.7 Å². The molecule has 0 aromatic carbocycles. The quantitative estimate of drug-likeness (QED) is 0.561. The summed E-state index contributed by atoms with van der Waals surface area (Å²) in [4.78, 5) is 6.20. The smallest absolute Gasteiger partial charge is 0.171 e. The number of amidine groups is 1. The predicted molar refractivity (Wildman–Crippen MR) is 65.2 cm³/mol. The first-order chi connectivity index (χ1) is 7.65. The van der Waals surface area contributed by atoms with E-state index in [1.165, 1.54) is 0 Å². The summed E-state index contributed by atoms with van der Waals surface area (Å²) in [6.45, 7) is 3.21. The summed E-state index contributed by atoms with van der Waals surface area (Å²) in [6.07, 6.45) is 2.25. The zero-order valence-corrected chi connectivity index (χ0v) is 9.73. The molecular formula is C11H18N4O. The third-order valence-corrected chi connectivity index (χ3v) is 2.13. The van der Waals surface area contributed by atoms with Crippen LogP contribution in [-0.4, -0.2) is 31.0 Å². The SMILES string of the molecule is CCOc1cccnc1N(C)CCC(=N)N. The van der Waals surface area contributed by atoms with Crippen molar-refractivity contribution in [2.45, 2.75) is 13.3 Å². The summed E-state index contributed by atoms with van der Waals surface area (Å²) in [5.41, 5.74) is 5.32. The van der Waals surface area contributed by atoms with Crippen LogP contribution in [0.3, 0.4) is 0 Å². The van der Waals surface area contributed by atoms with E-state index in [1.54, 1.807) is 6.20 Å². The lowest BCUT2D eigenvalue weighted by atomic mass is 10.3. The van der Waals surface area contributed by atoms with E-state index in [1.807, 2.05) is 31.0 Å². The van der Waals surface area contributed by atoms with Gasteiger partial charge in [0.2, 0.25) is 0 Å². The summed E-state index contributed by atoms with van der Waals surface area (Å²) in [6, 6.07) is 3.73. The minimum absolute atomic E-state index is 0.181. The van der Waals surface area contributed by atoms with Crippen molar-refractivity contribution in [2.24, 2.45) is 5.73 Å². The second-order valence-electron chi connectivity index (χ2n) is 3.45. The van der Waals surface area contributed by atoms with Gasteiger partial charge in [-0.2, -0.15) is 0 Å². The standard InChI is InChI=1S/C11H18N4O/c1-3-16-9-5-4-7-14-11(9)15(2)8-6-10(12)13/h4-5,7H,3,6,8H2,1-2H3,(H3,12,13). The Kier molecular flexibility index (Phi) is 4.57. The molecule has 0 amide bonds. The summed E-state index contributed by atoms with van der Waals surface area (Å²) < 4.78 is 5.48. The summed E-state index contributed by atoms with van der Waals surface area (Å²) >= 11 is 0. The number of nitrogens with two attached hydrogens (primary N) is 1.